The van der Waals surface area contributed by atoms with Crippen molar-refractivity contribution in [3.8, 4) is 0 Å². The van der Waals surface area contributed by atoms with E-state index in [0.29, 0.717) is 48.5 Å². The minimum Gasteiger partial charge on any atom is -0.355 e. The highest BCUT2D eigenvalue weighted by atomic mass is 32.2. The second-order valence-electron chi connectivity index (χ2n) is 9.10. The van der Waals surface area contributed by atoms with E-state index in [4.69, 9.17) is 0 Å². The van der Waals surface area contributed by atoms with Crippen LogP contribution in [-0.2, 0) is 6.18 Å². The number of piperazine rings is 1. The van der Waals surface area contributed by atoms with Crippen LogP contribution in [0.25, 0.3) is 10.9 Å². The standard InChI is InChI=1S/C28H27F3N6OS/c1-2-17-39-26-25(33-11-12-34-26)36-13-15-37(16-14-36)27(38)19-3-6-21(7-4-19)35-23-9-10-32-24-18-20(28(29,30)31)5-8-22(23)24/h3-12,18H,2,13-17H2,1H3,(H,32,35). The van der Waals surface area contributed by atoms with Crippen molar-refractivity contribution in [2.24, 2.45) is 0 Å². The Hall–Kier alpha value is -3.86. The molecule has 0 unspecified atom stereocenters. The Morgan fingerprint density at radius 2 is 1.69 bits per heavy atom. The van der Waals surface area contributed by atoms with E-state index in [2.05, 4.69) is 32.1 Å². The molecule has 3 heterocycles. The number of hydrogen-bond donors (Lipinski definition) is 1. The molecule has 2 aromatic heterocycles. The van der Waals surface area contributed by atoms with Gasteiger partial charge in [0.15, 0.2) is 5.82 Å². The maximum atomic E-state index is 13.2. The Bertz CT molecular complexity index is 1460. The SMILES string of the molecule is CCCSc1nccnc1N1CCN(C(=O)c2ccc(Nc3ccnc4cc(C(F)(F)F)ccc34)cc2)CC1. The first-order chi connectivity index (χ1) is 18.8. The number of fused-ring (bicyclic) bond motifs is 1. The topological polar surface area (TPSA) is 74.2 Å². The number of alkyl halides is 3. The van der Waals surface area contributed by atoms with Crippen LogP contribution < -0.4 is 10.2 Å². The van der Waals surface area contributed by atoms with Gasteiger partial charge in [0, 0.05) is 67.1 Å². The van der Waals surface area contributed by atoms with Crippen LogP contribution in [0.3, 0.4) is 0 Å². The molecule has 1 fully saturated rings. The van der Waals surface area contributed by atoms with Crippen molar-refractivity contribution in [1.29, 1.82) is 0 Å². The first-order valence-corrected chi connectivity index (χ1v) is 13.6. The number of thioether (sulfide) groups is 1. The van der Waals surface area contributed by atoms with Crippen molar-refractivity contribution in [3.05, 3.63) is 78.2 Å². The van der Waals surface area contributed by atoms with Gasteiger partial charge in [-0.05, 0) is 54.6 Å². The lowest BCUT2D eigenvalue weighted by Crippen LogP contribution is -2.49. The average Bonchev–Trinajstić information content (AvgIpc) is 2.96. The summed E-state index contributed by atoms with van der Waals surface area (Å²) in [4.78, 5) is 30.3. The molecule has 1 aliphatic heterocycles. The molecule has 0 spiro atoms. The molecule has 1 N–H and O–H groups in total. The molecule has 0 aliphatic carbocycles. The van der Waals surface area contributed by atoms with Crippen molar-refractivity contribution < 1.29 is 18.0 Å². The highest BCUT2D eigenvalue weighted by Gasteiger charge is 2.30. The molecule has 1 saturated heterocycles. The molecular weight excluding hydrogens is 525 g/mol. The predicted molar refractivity (Wildman–Crippen MR) is 148 cm³/mol. The number of nitrogens with zero attached hydrogens (tertiary/aromatic N) is 5. The van der Waals surface area contributed by atoms with E-state index in [9.17, 15) is 18.0 Å². The lowest BCUT2D eigenvalue weighted by Gasteiger charge is -2.35. The number of halogens is 3. The van der Waals surface area contributed by atoms with E-state index in [1.807, 2.05) is 4.90 Å². The Kier molecular flexibility index (Phi) is 7.87. The quantitative estimate of drug-likeness (QED) is 0.272. The van der Waals surface area contributed by atoms with Gasteiger partial charge in [0.25, 0.3) is 5.91 Å². The normalized spacial score (nSPS) is 14.1. The van der Waals surface area contributed by atoms with Gasteiger partial charge in [-0.1, -0.05) is 13.0 Å². The number of amides is 1. The zero-order valence-electron chi connectivity index (χ0n) is 21.3. The van der Waals surface area contributed by atoms with Gasteiger partial charge in [0.2, 0.25) is 0 Å². The number of carbonyl (C=O) groups excluding carboxylic acids is 1. The first kappa shape index (κ1) is 26.7. The van der Waals surface area contributed by atoms with E-state index in [-0.39, 0.29) is 11.4 Å². The Balaban J connectivity index is 1.23. The fourth-order valence-corrected chi connectivity index (χ4v) is 5.27. The molecule has 2 aromatic carbocycles. The lowest BCUT2D eigenvalue weighted by molar-refractivity contribution is -0.137. The largest absolute Gasteiger partial charge is 0.416 e. The third kappa shape index (κ3) is 6.08. The summed E-state index contributed by atoms with van der Waals surface area (Å²) in [5.41, 5.74) is 1.42. The predicted octanol–water partition coefficient (Wildman–Crippen LogP) is 6.25. The minimum absolute atomic E-state index is 0.0463. The van der Waals surface area contributed by atoms with Crippen LogP contribution in [0.5, 0.6) is 0 Å². The molecular formula is C28H27F3N6OS. The monoisotopic (exact) mass is 552 g/mol. The molecule has 1 amide bonds. The number of nitrogens with one attached hydrogen (secondary N) is 1. The van der Waals surface area contributed by atoms with Crippen LogP contribution in [-0.4, -0.2) is 57.7 Å². The van der Waals surface area contributed by atoms with E-state index in [0.717, 1.165) is 35.2 Å². The number of hydrogen-bond acceptors (Lipinski definition) is 7. The summed E-state index contributed by atoms with van der Waals surface area (Å²) in [5, 5.41) is 4.72. The molecule has 0 saturated carbocycles. The highest BCUT2D eigenvalue weighted by molar-refractivity contribution is 7.99. The maximum Gasteiger partial charge on any atom is 0.416 e. The molecule has 1 aliphatic rings. The summed E-state index contributed by atoms with van der Waals surface area (Å²) in [5.74, 6) is 1.80. The van der Waals surface area contributed by atoms with E-state index in [1.54, 1.807) is 54.5 Å². The van der Waals surface area contributed by atoms with E-state index >= 15 is 0 Å². The van der Waals surface area contributed by atoms with Gasteiger partial charge in [-0.2, -0.15) is 13.2 Å². The van der Waals surface area contributed by atoms with Gasteiger partial charge >= 0.3 is 6.18 Å². The van der Waals surface area contributed by atoms with Gasteiger partial charge in [0.1, 0.15) is 5.03 Å². The van der Waals surface area contributed by atoms with Crippen LogP contribution >= 0.6 is 11.8 Å². The average molecular weight is 553 g/mol. The number of carbonyl (C=O) groups is 1. The van der Waals surface area contributed by atoms with E-state index < -0.39 is 11.7 Å². The fourth-order valence-electron chi connectivity index (χ4n) is 4.42. The Labute approximate surface area is 228 Å². The number of anilines is 3. The van der Waals surface area contributed by atoms with Crippen LogP contribution in [0, 0.1) is 0 Å². The number of aromatic nitrogens is 3. The third-order valence-corrected chi connectivity index (χ3v) is 7.61. The molecule has 0 bridgehead atoms. The number of benzene rings is 2. The highest BCUT2D eigenvalue weighted by Crippen LogP contribution is 2.33. The molecule has 202 valence electrons. The molecule has 11 heteroatoms. The second-order valence-corrected chi connectivity index (χ2v) is 10.2. The van der Waals surface area contributed by atoms with Crippen molar-refractivity contribution in [2.45, 2.75) is 24.5 Å². The molecule has 5 rings (SSSR count). The lowest BCUT2D eigenvalue weighted by atomic mass is 10.1. The second kappa shape index (κ2) is 11.5. The van der Waals surface area contributed by atoms with Crippen molar-refractivity contribution >= 4 is 45.8 Å². The summed E-state index contributed by atoms with van der Waals surface area (Å²) in [6, 6.07) is 12.3. The van der Waals surface area contributed by atoms with Gasteiger partial charge < -0.3 is 15.1 Å². The molecule has 0 radical (unpaired) electrons. The van der Waals surface area contributed by atoms with Gasteiger partial charge in [-0.25, -0.2) is 9.97 Å². The summed E-state index contributed by atoms with van der Waals surface area (Å²) in [6.07, 6.45) is 1.50. The Morgan fingerprint density at radius 1 is 0.949 bits per heavy atom. The molecule has 7 nitrogen and oxygen atoms in total. The van der Waals surface area contributed by atoms with E-state index in [1.165, 1.54) is 12.3 Å². The zero-order valence-corrected chi connectivity index (χ0v) is 22.1. The minimum atomic E-state index is -4.43. The van der Waals surface area contributed by atoms with Crippen molar-refractivity contribution in [2.75, 3.05) is 42.1 Å². The fraction of sp³-hybridized carbons (Fsp3) is 0.286. The number of rotatable bonds is 7. The molecule has 0 atom stereocenters. The maximum absolute atomic E-state index is 13.2. The summed E-state index contributed by atoms with van der Waals surface area (Å²) >= 11 is 1.70. The smallest absolute Gasteiger partial charge is 0.355 e. The van der Waals surface area contributed by atoms with Crippen LogP contribution in [0.15, 0.2) is 72.1 Å². The van der Waals surface area contributed by atoms with Crippen molar-refractivity contribution in [3.63, 3.8) is 0 Å². The van der Waals surface area contributed by atoms with Crippen LogP contribution in [0.4, 0.5) is 30.4 Å². The third-order valence-electron chi connectivity index (χ3n) is 6.44. The summed E-state index contributed by atoms with van der Waals surface area (Å²) < 4.78 is 39.2. The first-order valence-electron chi connectivity index (χ1n) is 12.6. The van der Waals surface area contributed by atoms with Crippen LogP contribution in [0.2, 0.25) is 0 Å². The Morgan fingerprint density at radius 3 is 2.41 bits per heavy atom. The summed E-state index contributed by atoms with van der Waals surface area (Å²) in [6.45, 7) is 4.64. The van der Waals surface area contributed by atoms with Crippen molar-refractivity contribution in [1.82, 2.24) is 19.9 Å². The summed E-state index contributed by atoms with van der Waals surface area (Å²) in [7, 11) is 0. The van der Waals surface area contributed by atoms with Crippen LogP contribution in [0.1, 0.15) is 29.3 Å². The zero-order chi connectivity index (χ0) is 27.4. The van der Waals surface area contributed by atoms with Gasteiger partial charge in [-0.15, -0.1) is 11.8 Å². The molecule has 4 aromatic rings. The molecule has 39 heavy (non-hydrogen) atoms. The number of pyridine rings is 1. The van der Waals surface area contributed by atoms with Gasteiger partial charge in [-0.3, -0.25) is 9.78 Å². The van der Waals surface area contributed by atoms with Gasteiger partial charge in [0.05, 0.1) is 11.1 Å².